The summed E-state index contributed by atoms with van der Waals surface area (Å²) in [6.07, 6.45) is 1.62. The maximum absolute atomic E-state index is 13.4. The van der Waals surface area contributed by atoms with E-state index in [1.54, 1.807) is 36.5 Å². The van der Waals surface area contributed by atoms with E-state index < -0.39 is 9.84 Å². The Morgan fingerprint density at radius 1 is 1.07 bits per heavy atom. The van der Waals surface area contributed by atoms with Crippen LogP contribution in [0.4, 0.5) is 4.39 Å². The molecule has 0 N–H and O–H groups in total. The predicted octanol–water partition coefficient (Wildman–Crippen LogP) is 5.90. The lowest BCUT2D eigenvalue weighted by molar-refractivity contribution is 0.598. The van der Waals surface area contributed by atoms with Crippen LogP contribution in [0.2, 0.25) is 5.02 Å². The molecule has 0 saturated carbocycles. The molecule has 0 unspecified atom stereocenters. The van der Waals surface area contributed by atoms with Crippen molar-refractivity contribution < 1.29 is 12.8 Å². The standard InChI is InChI=1S/C20H13ClFNO2S2/c1-12-4-9-15(11-17(12)21)27(24,25)20-18(13-5-7-14(22)8-6-13)16-3-2-10-23-19(16)26-20/h2-11H,1H3. The monoisotopic (exact) mass is 417 g/mol. The molecule has 4 aromatic rings. The Bertz CT molecular complexity index is 1270. The second kappa shape index (κ2) is 6.71. The van der Waals surface area contributed by atoms with Crippen molar-refractivity contribution in [1.82, 2.24) is 4.98 Å². The van der Waals surface area contributed by atoms with Crippen LogP contribution in [0, 0.1) is 12.7 Å². The molecule has 27 heavy (non-hydrogen) atoms. The summed E-state index contributed by atoms with van der Waals surface area (Å²) in [7, 11) is -3.83. The number of halogens is 2. The highest BCUT2D eigenvalue weighted by atomic mass is 35.5. The fraction of sp³-hybridized carbons (Fsp3) is 0.0500. The van der Waals surface area contributed by atoms with Gasteiger partial charge in [0.1, 0.15) is 14.9 Å². The van der Waals surface area contributed by atoms with Crippen LogP contribution in [0.15, 0.2) is 69.9 Å². The smallest absolute Gasteiger partial charge is 0.216 e. The number of thiophene rings is 1. The molecule has 0 fully saturated rings. The molecule has 2 heterocycles. The van der Waals surface area contributed by atoms with Crippen molar-refractivity contribution in [2.75, 3.05) is 0 Å². The second-order valence-electron chi connectivity index (χ2n) is 6.04. The highest BCUT2D eigenvalue weighted by Gasteiger charge is 2.27. The molecule has 0 radical (unpaired) electrons. The number of fused-ring (bicyclic) bond motifs is 1. The number of sulfone groups is 1. The van der Waals surface area contributed by atoms with Gasteiger partial charge < -0.3 is 0 Å². The maximum atomic E-state index is 13.4. The Morgan fingerprint density at radius 2 is 1.81 bits per heavy atom. The third kappa shape index (κ3) is 3.14. The molecular formula is C20H13ClFNO2S2. The molecule has 0 spiro atoms. The number of pyridine rings is 1. The highest BCUT2D eigenvalue weighted by molar-refractivity contribution is 7.93. The molecule has 0 bridgehead atoms. The van der Waals surface area contributed by atoms with E-state index >= 15 is 0 Å². The lowest BCUT2D eigenvalue weighted by Crippen LogP contribution is -2.01. The number of rotatable bonds is 3. The Morgan fingerprint density at radius 3 is 2.52 bits per heavy atom. The van der Waals surface area contributed by atoms with E-state index in [0.717, 1.165) is 16.9 Å². The van der Waals surface area contributed by atoms with Gasteiger partial charge in [-0.25, -0.2) is 17.8 Å². The molecule has 0 aliphatic rings. The van der Waals surface area contributed by atoms with Crippen molar-refractivity contribution >= 4 is 43.0 Å². The molecule has 136 valence electrons. The van der Waals surface area contributed by atoms with E-state index in [1.807, 2.05) is 13.0 Å². The Balaban J connectivity index is 2.02. The average molecular weight is 418 g/mol. The van der Waals surface area contributed by atoms with Crippen LogP contribution in [0.25, 0.3) is 21.3 Å². The van der Waals surface area contributed by atoms with E-state index in [0.29, 0.717) is 26.4 Å². The van der Waals surface area contributed by atoms with Crippen LogP contribution >= 0.6 is 22.9 Å². The van der Waals surface area contributed by atoms with E-state index in [1.165, 1.54) is 18.2 Å². The summed E-state index contributed by atoms with van der Waals surface area (Å²) in [6, 6.07) is 14.0. The van der Waals surface area contributed by atoms with Gasteiger partial charge in [-0.2, -0.15) is 0 Å². The summed E-state index contributed by atoms with van der Waals surface area (Å²) < 4.78 is 40.3. The van der Waals surface area contributed by atoms with Crippen LogP contribution in [0.5, 0.6) is 0 Å². The summed E-state index contributed by atoms with van der Waals surface area (Å²) >= 11 is 7.24. The van der Waals surface area contributed by atoms with Crippen LogP contribution in [0.1, 0.15) is 5.56 Å². The summed E-state index contributed by atoms with van der Waals surface area (Å²) in [4.78, 5) is 5.02. The van der Waals surface area contributed by atoms with Gasteiger partial charge in [0.15, 0.2) is 0 Å². The zero-order chi connectivity index (χ0) is 19.2. The lowest BCUT2D eigenvalue weighted by Gasteiger charge is -2.08. The van der Waals surface area contributed by atoms with Gasteiger partial charge in [0.05, 0.1) is 4.90 Å². The first-order valence-corrected chi connectivity index (χ1v) is 10.7. The molecule has 0 amide bonds. The van der Waals surface area contributed by atoms with Gasteiger partial charge in [0.2, 0.25) is 9.84 Å². The predicted molar refractivity (Wildman–Crippen MR) is 107 cm³/mol. The number of hydrogen-bond acceptors (Lipinski definition) is 4. The molecule has 0 aliphatic carbocycles. The number of benzene rings is 2. The number of nitrogens with zero attached hydrogens (tertiary/aromatic N) is 1. The zero-order valence-corrected chi connectivity index (χ0v) is 16.5. The molecular weight excluding hydrogens is 405 g/mol. The normalized spacial score (nSPS) is 11.8. The van der Waals surface area contributed by atoms with Gasteiger partial charge in [-0.1, -0.05) is 29.8 Å². The molecule has 3 nitrogen and oxygen atoms in total. The number of hydrogen-bond donors (Lipinski definition) is 0. The van der Waals surface area contributed by atoms with Crippen molar-refractivity contribution in [3.63, 3.8) is 0 Å². The Kier molecular flexibility index (Phi) is 4.50. The minimum Gasteiger partial charge on any atom is -0.245 e. The van der Waals surface area contributed by atoms with Gasteiger partial charge in [0, 0.05) is 22.2 Å². The first-order chi connectivity index (χ1) is 12.9. The quantitative estimate of drug-likeness (QED) is 0.417. The van der Waals surface area contributed by atoms with E-state index in [2.05, 4.69) is 4.98 Å². The second-order valence-corrected chi connectivity index (χ2v) is 9.59. The summed E-state index contributed by atoms with van der Waals surface area (Å²) in [6.45, 7) is 1.81. The maximum Gasteiger partial charge on any atom is 0.216 e. The van der Waals surface area contributed by atoms with E-state index in [4.69, 9.17) is 11.6 Å². The summed E-state index contributed by atoms with van der Waals surface area (Å²) in [5.74, 6) is -0.383. The Hall–Kier alpha value is -2.28. The third-order valence-electron chi connectivity index (χ3n) is 4.26. The highest BCUT2D eigenvalue weighted by Crippen LogP contribution is 2.43. The van der Waals surface area contributed by atoms with Crippen LogP contribution in [-0.2, 0) is 9.84 Å². The van der Waals surface area contributed by atoms with Crippen molar-refractivity contribution in [2.45, 2.75) is 16.0 Å². The molecule has 2 aromatic heterocycles. The minimum atomic E-state index is -3.83. The van der Waals surface area contributed by atoms with Crippen LogP contribution in [-0.4, -0.2) is 13.4 Å². The molecule has 0 atom stereocenters. The van der Waals surface area contributed by atoms with E-state index in [9.17, 15) is 12.8 Å². The molecule has 2 aromatic carbocycles. The van der Waals surface area contributed by atoms with Gasteiger partial charge in [0.25, 0.3) is 0 Å². The van der Waals surface area contributed by atoms with Gasteiger partial charge in [-0.3, -0.25) is 0 Å². The molecule has 7 heteroatoms. The first kappa shape index (κ1) is 18.1. The van der Waals surface area contributed by atoms with Crippen LogP contribution in [0.3, 0.4) is 0 Å². The van der Waals surface area contributed by atoms with Gasteiger partial charge in [-0.15, -0.1) is 11.3 Å². The van der Waals surface area contributed by atoms with Crippen molar-refractivity contribution in [3.8, 4) is 11.1 Å². The number of aromatic nitrogens is 1. The molecule has 0 saturated heterocycles. The fourth-order valence-corrected chi connectivity index (χ4v) is 6.18. The fourth-order valence-electron chi connectivity index (χ4n) is 2.84. The average Bonchev–Trinajstić information content (AvgIpc) is 3.05. The lowest BCUT2D eigenvalue weighted by atomic mass is 10.1. The number of aryl methyl sites for hydroxylation is 1. The topological polar surface area (TPSA) is 47.0 Å². The molecule has 4 rings (SSSR count). The first-order valence-electron chi connectivity index (χ1n) is 8.02. The minimum absolute atomic E-state index is 0.119. The molecule has 0 aliphatic heterocycles. The summed E-state index contributed by atoms with van der Waals surface area (Å²) in [5, 5.41) is 1.10. The third-order valence-corrected chi connectivity index (χ3v) is 8.06. The summed E-state index contributed by atoms with van der Waals surface area (Å²) in [5.41, 5.74) is 1.94. The SMILES string of the molecule is Cc1ccc(S(=O)(=O)c2sc3ncccc3c2-c2ccc(F)cc2)cc1Cl. The van der Waals surface area contributed by atoms with Crippen molar-refractivity contribution in [2.24, 2.45) is 0 Å². The van der Waals surface area contributed by atoms with Gasteiger partial charge in [-0.05, 0) is 54.4 Å². The largest absolute Gasteiger partial charge is 0.245 e. The van der Waals surface area contributed by atoms with Gasteiger partial charge >= 0.3 is 0 Å². The zero-order valence-electron chi connectivity index (χ0n) is 14.1. The van der Waals surface area contributed by atoms with E-state index in [-0.39, 0.29) is 14.9 Å². The van der Waals surface area contributed by atoms with Crippen LogP contribution < -0.4 is 0 Å². The van der Waals surface area contributed by atoms with Crippen molar-refractivity contribution in [1.29, 1.82) is 0 Å². The van der Waals surface area contributed by atoms with Crippen molar-refractivity contribution in [3.05, 3.63) is 77.2 Å². The Labute approximate surface area is 165 Å².